The van der Waals surface area contributed by atoms with Crippen LogP contribution in [0.5, 0.6) is 0 Å². The fourth-order valence-corrected chi connectivity index (χ4v) is 1.67. The van der Waals surface area contributed by atoms with Crippen molar-refractivity contribution in [2.45, 2.75) is 38.8 Å². The van der Waals surface area contributed by atoms with Gasteiger partial charge >= 0.3 is 6.09 Å². The van der Waals surface area contributed by atoms with Crippen molar-refractivity contribution in [2.75, 3.05) is 0 Å². The monoisotopic (exact) mass is 289 g/mol. The number of hydrogen-bond acceptors (Lipinski definition) is 5. The number of rotatable bonds is 4. The van der Waals surface area contributed by atoms with E-state index < -0.39 is 23.7 Å². The summed E-state index contributed by atoms with van der Waals surface area (Å²) in [6.07, 6.45) is -0.892. The van der Waals surface area contributed by atoms with Gasteiger partial charge in [-0.3, -0.25) is 0 Å². The lowest BCUT2D eigenvalue weighted by Gasteiger charge is -2.24. The minimum Gasteiger partial charge on any atom is -0.548 e. The smallest absolute Gasteiger partial charge is 0.408 e. The number of alkyl carbamates (subject to hydrolysis) is 1. The van der Waals surface area contributed by atoms with Crippen LogP contribution in [-0.2, 0) is 16.0 Å². The van der Waals surface area contributed by atoms with Crippen molar-refractivity contribution in [3.8, 4) is 6.07 Å². The normalized spacial score (nSPS) is 12.1. The lowest BCUT2D eigenvalue weighted by atomic mass is 10.0. The third-order valence-corrected chi connectivity index (χ3v) is 2.54. The van der Waals surface area contributed by atoms with E-state index in [4.69, 9.17) is 10.00 Å². The lowest BCUT2D eigenvalue weighted by Crippen LogP contribution is -2.50. The van der Waals surface area contributed by atoms with Crippen LogP contribution in [0.25, 0.3) is 0 Å². The van der Waals surface area contributed by atoms with E-state index >= 15 is 0 Å². The van der Waals surface area contributed by atoms with Gasteiger partial charge < -0.3 is 20.0 Å². The van der Waals surface area contributed by atoms with Gasteiger partial charge in [0.1, 0.15) is 5.60 Å². The van der Waals surface area contributed by atoms with Crippen LogP contribution in [-0.4, -0.2) is 23.7 Å². The first-order chi connectivity index (χ1) is 9.73. The van der Waals surface area contributed by atoms with Gasteiger partial charge in [0.2, 0.25) is 0 Å². The van der Waals surface area contributed by atoms with Crippen molar-refractivity contribution in [2.24, 2.45) is 0 Å². The summed E-state index contributed by atoms with van der Waals surface area (Å²) in [6, 6.07) is 7.28. The van der Waals surface area contributed by atoms with Gasteiger partial charge in [-0.05, 0) is 38.8 Å². The Kier molecular flexibility index (Phi) is 5.30. The van der Waals surface area contributed by atoms with E-state index in [1.807, 2.05) is 6.07 Å². The molecule has 0 saturated heterocycles. The molecule has 0 aliphatic heterocycles. The number of nitriles is 1. The second kappa shape index (κ2) is 6.75. The Bertz CT molecular complexity index is 570. The molecule has 0 heterocycles. The standard InChI is InChI=1S/C15H18N2O4/c1-15(2,3)21-14(20)17-12(13(18)19)8-10-6-4-5-7-11(10)9-16/h4-7,12H,8H2,1-3H3,(H,17,20)(H,18,19)/p-1/t12-/m1/s1. The number of aliphatic carboxylic acids is 1. The summed E-state index contributed by atoms with van der Waals surface area (Å²) < 4.78 is 5.01. The zero-order valence-electron chi connectivity index (χ0n) is 12.2. The highest BCUT2D eigenvalue weighted by Crippen LogP contribution is 2.11. The van der Waals surface area contributed by atoms with Gasteiger partial charge in [-0.15, -0.1) is 0 Å². The van der Waals surface area contributed by atoms with Gasteiger partial charge in [-0.2, -0.15) is 5.26 Å². The van der Waals surface area contributed by atoms with Crippen LogP contribution in [0.3, 0.4) is 0 Å². The average Bonchev–Trinajstić information content (AvgIpc) is 2.36. The first-order valence-corrected chi connectivity index (χ1v) is 6.41. The molecule has 21 heavy (non-hydrogen) atoms. The number of hydrogen-bond donors (Lipinski definition) is 1. The molecular weight excluding hydrogens is 272 g/mol. The van der Waals surface area contributed by atoms with Crippen LogP contribution in [0.1, 0.15) is 31.9 Å². The molecule has 0 aliphatic carbocycles. The minimum absolute atomic E-state index is 0.0503. The van der Waals surface area contributed by atoms with Crippen LogP contribution < -0.4 is 10.4 Å². The molecule has 1 atom stereocenters. The van der Waals surface area contributed by atoms with Crippen molar-refractivity contribution in [1.82, 2.24) is 5.32 Å². The number of benzene rings is 1. The van der Waals surface area contributed by atoms with Gasteiger partial charge in [0.05, 0.1) is 23.6 Å². The third-order valence-electron chi connectivity index (χ3n) is 2.54. The highest BCUT2D eigenvalue weighted by Gasteiger charge is 2.21. The number of carboxylic acids is 1. The summed E-state index contributed by atoms with van der Waals surface area (Å²) in [5.41, 5.74) is 0.144. The zero-order chi connectivity index (χ0) is 16.0. The van der Waals surface area contributed by atoms with Gasteiger partial charge in [0.15, 0.2) is 0 Å². The maximum absolute atomic E-state index is 11.6. The van der Waals surface area contributed by atoms with Crippen LogP contribution >= 0.6 is 0 Å². The molecule has 6 nitrogen and oxygen atoms in total. The molecule has 1 rings (SSSR count). The molecular formula is C15H17N2O4-. The Morgan fingerprint density at radius 3 is 2.52 bits per heavy atom. The molecule has 0 aliphatic rings. The number of nitrogens with one attached hydrogen (secondary N) is 1. The van der Waals surface area contributed by atoms with Gasteiger partial charge in [-0.1, -0.05) is 18.2 Å². The highest BCUT2D eigenvalue weighted by atomic mass is 16.6. The summed E-state index contributed by atoms with van der Waals surface area (Å²) in [6.45, 7) is 5.02. The average molecular weight is 289 g/mol. The van der Waals surface area contributed by atoms with Gasteiger partial charge in [0, 0.05) is 0 Å². The number of amides is 1. The van der Waals surface area contributed by atoms with E-state index in [1.165, 1.54) is 0 Å². The maximum atomic E-state index is 11.6. The Labute approximate surface area is 123 Å². The number of carbonyl (C=O) groups excluding carboxylic acids is 2. The maximum Gasteiger partial charge on any atom is 0.408 e. The molecule has 1 aromatic carbocycles. The van der Waals surface area contributed by atoms with Crippen LogP contribution in [0.4, 0.5) is 4.79 Å². The molecule has 1 N–H and O–H groups in total. The molecule has 0 fully saturated rings. The number of nitrogens with zero attached hydrogens (tertiary/aromatic N) is 1. The second-order valence-electron chi connectivity index (χ2n) is 5.49. The number of carboxylic acid groups (broad SMARTS) is 1. The predicted molar refractivity (Wildman–Crippen MR) is 73.0 cm³/mol. The summed E-state index contributed by atoms with van der Waals surface area (Å²) in [7, 11) is 0. The zero-order valence-corrected chi connectivity index (χ0v) is 12.2. The topological polar surface area (TPSA) is 102 Å². The van der Waals surface area contributed by atoms with E-state index in [-0.39, 0.29) is 6.42 Å². The van der Waals surface area contributed by atoms with Crippen LogP contribution in [0.15, 0.2) is 24.3 Å². The SMILES string of the molecule is CC(C)(C)OC(=O)N[C@H](Cc1ccccc1C#N)C(=O)[O-]. The summed E-state index contributed by atoms with van der Waals surface area (Å²) in [5.74, 6) is -1.44. The molecule has 0 aromatic heterocycles. The van der Waals surface area contributed by atoms with E-state index in [1.54, 1.807) is 45.0 Å². The van der Waals surface area contributed by atoms with E-state index in [2.05, 4.69) is 5.32 Å². The largest absolute Gasteiger partial charge is 0.548 e. The summed E-state index contributed by atoms with van der Waals surface area (Å²) >= 11 is 0. The fraction of sp³-hybridized carbons (Fsp3) is 0.400. The molecule has 1 amide bonds. The van der Waals surface area contributed by atoms with Crippen LogP contribution in [0.2, 0.25) is 0 Å². The quantitative estimate of drug-likeness (QED) is 0.880. The molecule has 0 radical (unpaired) electrons. The first-order valence-electron chi connectivity index (χ1n) is 6.41. The molecule has 0 saturated carbocycles. The van der Waals surface area contributed by atoms with Crippen molar-refractivity contribution in [1.29, 1.82) is 5.26 Å². The van der Waals surface area contributed by atoms with Crippen molar-refractivity contribution in [3.63, 3.8) is 0 Å². The molecule has 0 unspecified atom stereocenters. The molecule has 112 valence electrons. The molecule has 0 spiro atoms. The number of ether oxygens (including phenoxy) is 1. The first kappa shape index (κ1) is 16.5. The summed E-state index contributed by atoms with van der Waals surface area (Å²) in [5, 5.41) is 22.4. The van der Waals surface area contributed by atoms with Gasteiger partial charge in [-0.25, -0.2) is 4.79 Å². The van der Waals surface area contributed by atoms with E-state index in [0.29, 0.717) is 11.1 Å². The van der Waals surface area contributed by atoms with E-state index in [0.717, 1.165) is 0 Å². The minimum atomic E-state index is -1.44. The third kappa shape index (κ3) is 5.53. The summed E-state index contributed by atoms with van der Waals surface area (Å²) in [4.78, 5) is 22.8. The molecule has 0 bridgehead atoms. The highest BCUT2D eigenvalue weighted by molar-refractivity contribution is 5.79. The fourth-order valence-electron chi connectivity index (χ4n) is 1.67. The Morgan fingerprint density at radius 1 is 1.38 bits per heavy atom. The van der Waals surface area contributed by atoms with Gasteiger partial charge in [0.25, 0.3) is 0 Å². The van der Waals surface area contributed by atoms with Crippen molar-refractivity contribution in [3.05, 3.63) is 35.4 Å². The van der Waals surface area contributed by atoms with E-state index in [9.17, 15) is 14.7 Å². The van der Waals surface area contributed by atoms with Crippen molar-refractivity contribution < 1.29 is 19.4 Å². The Morgan fingerprint density at radius 2 is 2.00 bits per heavy atom. The lowest BCUT2D eigenvalue weighted by molar-refractivity contribution is -0.308. The Hall–Kier alpha value is -2.55. The Balaban J connectivity index is 2.82. The molecule has 1 aromatic rings. The number of carbonyl (C=O) groups is 2. The molecule has 6 heteroatoms. The predicted octanol–water partition coefficient (Wildman–Crippen LogP) is 0.744. The van der Waals surface area contributed by atoms with Crippen LogP contribution in [0, 0.1) is 11.3 Å². The second-order valence-corrected chi connectivity index (χ2v) is 5.49. The van der Waals surface area contributed by atoms with Crippen molar-refractivity contribution >= 4 is 12.1 Å².